The molecule has 1 aromatic heterocycles. The van der Waals surface area contributed by atoms with Crippen LogP contribution in [0.2, 0.25) is 0 Å². The maximum atomic E-state index is 12.3. The summed E-state index contributed by atoms with van der Waals surface area (Å²) in [6.45, 7) is 6.67. The smallest absolute Gasteiger partial charge is 0.251 e. The number of carbonyl (C=O) groups excluding carboxylic acids is 2. The van der Waals surface area contributed by atoms with Gasteiger partial charge in [0.05, 0.1) is 12.2 Å². The second kappa shape index (κ2) is 9.01. The van der Waals surface area contributed by atoms with Crippen LogP contribution in [0.3, 0.4) is 0 Å². The topological polar surface area (TPSA) is 76.0 Å². The molecule has 2 atom stereocenters. The molecular formula is C19H26N4O2. The van der Waals surface area contributed by atoms with Crippen LogP contribution in [0.5, 0.6) is 0 Å². The van der Waals surface area contributed by atoms with Crippen LogP contribution in [0.15, 0.2) is 42.7 Å². The van der Waals surface area contributed by atoms with Gasteiger partial charge in [-0.2, -0.15) is 5.10 Å². The number of amides is 2. The summed E-state index contributed by atoms with van der Waals surface area (Å²) < 4.78 is 1.84. The Bertz CT molecular complexity index is 696. The molecule has 0 aliphatic carbocycles. The highest BCUT2D eigenvalue weighted by molar-refractivity contribution is 5.94. The van der Waals surface area contributed by atoms with Gasteiger partial charge in [0.2, 0.25) is 5.91 Å². The Hall–Kier alpha value is -2.63. The van der Waals surface area contributed by atoms with Crippen LogP contribution in [0, 0.1) is 0 Å². The lowest BCUT2D eigenvalue weighted by molar-refractivity contribution is -0.122. The van der Waals surface area contributed by atoms with E-state index in [1.807, 2.05) is 49.8 Å². The highest BCUT2D eigenvalue weighted by Gasteiger charge is 2.17. The number of nitrogens with one attached hydrogen (secondary N) is 2. The average molecular weight is 342 g/mol. The monoisotopic (exact) mass is 342 g/mol. The van der Waals surface area contributed by atoms with Gasteiger partial charge in [0.15, 0.2) is 0 Å². The van der Waals surface area contributed by atoms with E-state index in [0.29, 0.717) is 5.56 Å². The Balaban J connectivity index is 1.86. The van der Waals surface area contributed by atoms with Crippen molar-refractivity contribution in [3.05, 3.63) is 53.9 Å². The maximum absolute atomic E-state index is 12.3. The number of aryl methyl sites for hydroxylation is 1. The molecule has 25 heavy (non-hydrogen) atoms. The van der Waals surface area contributed by atoms with E-state index < -0.39 is 0 Å². The van der Waals surface area contributed by atoms with E-state index in [1.165, 1.54) is 0 Å². The van der Waals surface area contributed by atoms with Crippen molar-refractivity contribution in [1.82, 2.24) is 20.4 Å². The first kappa shape index (κ1) is 18.7. The van der Waals surface area contributed by atoms with Crippen molar-refractivity contribution in [3.8, 4) is 0 Å². The van der Waals surface area contributed by atoms with Crippen molar-refractivity contribution in [3.63, 3.8) is 0 Å². The van der Waals surface area contributed by atoms with Gasteiger partial charge in [-0.15, -0.1) is 0 Å². The summed E-state index contributed by atoms with van der Waals surface area (Å²) in [5.74, 6) is -0.255. The van der Waals surface area contributed by atoms with Crippen LogP contribution in [-0.4, -0.2) is 27.6 Å². The number of benzene rings is 1. The Morgan fingerprint density at radius 2 is 1.88 bits per heavy atom. The Kier molecular flexibility index (Phi) is 6.74. The van der Waals surface area contributed by atoms with Gasteiger partial charge in [0.1, 0.15) is 0 Å². The zero-order valence-corrected chi connectivity index (χ0v) is 15.0. The summed E-state index contributed by atoms with van der Waals surface area (Å²) in [4.78, 5) is 24.4. The Morgan fingerprint density at radius 3 is 2.48 bits per heavy atom. The first-order valence-electron chi connectivity index (χ1n) is 8.71. The van der Waals surface area contributed by atoms with Gasteiger partial charge in [-0.1, -0.05) is 25.1 Å². The lowest BCUT2D eigenvalue weighted by Crippen LogP contribution is -2.38. The molecule has 0 saturated carbocycles. The van der Waals surface area contributed by atoms with E-state index in [-0.39, 0.29) is 30.3 Å². The zero-order chi connectivity index (χ0) is 18.2. The molecule has 134 valence electrons. The highest BCUT2D eigenvalue weighted by atomic mass is 16.2. The summed E-state index contributed by atoms with van der Waals surface area (Å²) in [6, 6.07) is 8.68. The van der Waals surface area contributed by atoms with Gasteiger partial charge in [-0.05, 0) is 32.4 Å². The molecule has 0 fully saturated rings. The fourth-order valence-electron chi connectivity index (χ4n) is 2.63. The van der Waals surface area contributed by atoms with Crippen molar-refractivity contribution >= 4 is 11.8 Å². The van der Waals surface area contributed by atoms with Crippen molar-refractivity contribution in [2.45, 2.75) is 52.2 Å². The summed E-state index contributed by atoms with van der Waals surface area (Å²) in [7, 11) is 0. The molecule has 0 saturated heterocycles. The fraction of sp³-hybridized carbons (Fsp3) is 0.421. The molecule has 0 bridgehead atoms. The number of rotatable bonds is 8. The number of nitrogens with zero attached hydrogens (tertiary/aromatic N) is 2. The zero-order valence-electron chi connectivity index (χ0n) is 15.0. The van der Waals surface area contributed by atoms with Crippen LogP contribution in [-0.2, 0) is 11.3 Å². The number of hydrogen-bond acceptors (Lipinski definition) is 3. The minimum Gasteiger partial charge on any atom is -0.349 e. The molecule has 2 aromatic rings. The van der Waals surface area contributed by atoms with Gasteiger partial charge < -0.3 is 10.6 Å². The van der Waals surface area contributed by atoms with Crippen molar-refractivity contribution in [1.29, 1.82) is 0 Å². The van der Waals surface area contributed by atoms with E-state index in [1.54, 1.807) is 18.3 Å². The third kappa shape index (κ3) is 5.45. The predicted molar refractivity (Wildman–Crippen MR) is 97.1 cm³/mol. The lowest BCUT2D eigenvalue weighted by atomic mass is 10.1. The van der Waals surface area contributed by atoms with Crippen LogP contribution < -0.4 is 10.6 Å². The van der Waals surface area contributed by atoms with Gasteiger partial charge in [-0.25, -0.2) is 0 Å². The minimum atomic E-state index is -0.247. The molecule has 0 aliphatic rings. The third-order valence-corrected chi connectivity index (χ3v) is 4.03. The van der Waals surface area contributed by atoms with Crippen molar-refractivity contribution in [2.75, 3.05) is 0 Å². The van der Waals surface area contributed by atoms with E-state index in [4.69, 9.17) is 0 Å². The third-order valence-electron chi connectivity index (χ3n) is 4.03. The first-order valence-corrected chi connectivity index (χ1v) is 8.71. The number of carbonyl (C=O) groups is 2. The molecule has 6 heteroatoms. The fourth-order valence-corrected chi connectivity index (χ4v) is 2.63. The Morgan fingerprint density at radius 1 is 1.16 bits per heavy atom. The van der Waals surface area contributed by atoms with Crippen molar-refractivity contribution in [2.24, 2.45) is 0 Å². The molecule has 2 amide bonds. The lowest BCUT2D eigenvalue weighted by Gasteiger charge is -2.18. The summed E-state index contributed by atoms with van der Waals surface area (Å²) >= 11 is 0. The van der Waals surface area contributed by atoms with Crippen LogP contribution in [0.1, 0.15) is 55.6 Å². The predicted octanol–water partition coefficient (Wildman–Crippen LogP) is 2.68. The number of aromatic nitrogens is 2. The van der Waals surface area contributed by atoms with Crippen LogP contribution >= 0.6 is 0 Å². The largest absolute Gasteiger partial charge is 0.349 e. The van der Waals surface area contributed by atoms with E-state index >= 15 is 0 Å². The molecule has 2 N–H and O–H groups in total. The SMILES string of the molecule is CC[C@@H](NC(=O)C[C@H](C)NC(=O)c1ccccc1)c1cnn(CC)c1. The second-order valence-electron chi connectivity index (χ2n) is 6.10. The first-order chi connectivity index (χ1) is 12.0. The second-order valence-corrected chi connectivity index (χ2v) is 6.10. The summed E-state index contributed by atoms with van der Waals surface area (Å²) in [6.07, 6.45) is 4.76. The molecule has 1 heterocycles. The Labute approximate surface area is 148 Å². The quantitative estimate of drug-likeness (QED) is 0.774. The minimum absolute atomic E-state index is 0.0650. The molecule has 0 radical (unpaired) electrons. The summed E-state index contributed by atoms with van der Waals surface area (Å²) in [5.41, 5.74) is 1.59. The summed E-state index contributed by atoms with van der Waals surface area (Å²) in [5, 5.41) is 10.1. The van der Waals surface area contributed by atoms with Gasteiger partial charge in [0.25, 0.3) is 5.91 Å². The molecule has 1 aromatic carbocycles. The molecule has 0 spiro atoms. The van der Waals surface area contributed by atoms with Crippen LogP contribution in [0.25, 0.3) is 0 Å². The molecular weight excluding hydrogens is 316 g/mol. The van der Waals surface area contributed by atoms with Crippen LogP contribution in [0.4, 0.5) is 0 Å². The molecule has 6 nitrogen and oxygen atoms in total. The normalized spacial score (nSPS) is 13.1. The van der Waals surface area contributed by atoms with E-state index in [9.17, 15) is 9.59 Å². The number of hydrogen-bond donors (Lipinski definition) is 2. The standard InChI is InChI=1S/C19H26N4O2/c1-4-17(16-12-20-23(5-2)13-16)22-18(24)11-14(3)21-19(25)15-9-7-6-8-10-15/h6-10,12-14,17H,4-5,11H2,1-3H3,(H,21,25)(H,22,24)/t14-,17+/m0/s1. The average Bonchev–Trinajstić information content (AvgIpc) is 3.09. The molecule has 0 aliphatic heterocycles. The van der Waals surface area contributed by atoms with Gasteiger partial charge in [0, 0.05) is 36.3 Å². The van der Waals surface area contributed by atoms with Gasteiger partial charge >= 0.3 is 0 Å². The molecule has 2 rings (SSSR count). The van der Waals surface area contributed by atoms with E-state index in [0.717, 1.165) is 18.5 Å². The molecule has 0 unspecified atom stereocenters. The van der Waals surface area contributed by atoms with E-state index in [2.05, 4.69) is 15.7 Å². The highest BCUT2D eigenvalue weighted by Crippen LogP contribution is 2.16. The van der Waals surface area contributed by atoms with Crippen molar-refractivity contribution < 1.29 is 9.59 Å². The maximum Gasteiger partial charge on any atom is 0.251 e. The van der Waals surface area contributed by atoms with Gasteiger partial charge in [-0.3, -0.25) is 14.3 Å².